The second-order valence-electron chi connectivity index (χ2n) is 8.62. The smallest absolute Gasteiger partial charge is 0.223 e. The number of aromatic nitrogens is 1. The summed E-state index contributed by atoms with van der Waals surface area (Å²) in [6.45, 7) is 2.65. The molecule has 1 aromatic heterocycles. The molecule has 5 heteroatoms. The van der Waals surface area contributed by atoms with Gasteiger partial charge in [-0.3, -0.25) is 9.59 Å². The molecule has 4 bridgehead atoms. The number of nitrogens with two attached hydrogens (primary N) is 1. The number of ketones is 1. The molecule has 26 heavy (non-hydrogen) atoms. The van der Waals surface area contributed by atoms with Crippen molar-refractivity contribution in [3.05, 3.63) is 23.9 Å². The Labute approximate surface area is 154 Å². The summed E-state index contributed by atoms with van der Waals surface area (Å²) in [5.74, 6) is 2.40. The first-order valence-electron chi connectivity index (χ1n) is 9.93. The molecule has 140 valence electrons. The number of ether oxygens (including phenoxy) is 1. The molecule has 4 fully saturated rings. The van der Waals surface area contributed by atoms with Crippen molar-refractivity contribution in [2.24, 2.45) is 34.8 Å². The van der Waals surface area contributed by atoms with Gasteiger partial charge < -0.3 is 10.5 Å². The lowest BCUT2D eigenvalue weighted by atomic mass is 9.45. The molecule has 4 saturated carbocycles. The number of rotatable bonds is 7. The van der Waals surface area contributed by atoms with Crippen LogP contribution in [-0.2, 0) is 4.79 Å². The largest absolute Gasteiger partial charge is 0.478 e. The number of primary amides is 1. The van der Waals surface area contributed by atoms with Gasteiger partial charge in [0.15, 0.2) is 5.78 Å². The van der Waals surface area contributed by atoms with E-state index >= 15 is 0 Å². The number of carbonyl (C=O) groups is 2. The minimum atomic E-state index is -0.289. The number of nitrogens with zero attached hydrogens (tertiary/aromatic N) is 1. The number of amides is 1. The van der Waals surface area contributed by atoms with Gasteiger partial charge >= 0.3 is 0 Å². The number of pyridine rings is 1. The van der Waals surface area contributed by atoms with Crippen LogP contribution in [0.15, 0.2) is 18.2 Å². The average Bonchev–Trinajstić information content (AvgIpc) is 2.62. The first kappa shape index (κ1) is 17.5. The summed E-state index contributed by atoms with van der Waals surface area (Å²) >= 11 is 0. The molecule has 4 aliphatic carbocycles. The van der Waals surface area contributed by atoms with Crippen molar-refractivity contribution in [1.29, 1.82) is 0 Å². The highest BCUT2D eigenvalue weighted by Gasteiger charge is 2.57. The van der Waals surface area contributed by atoms with Crippen LogP contribution in [0.1, 0.15) is 62.4 Å². The molecule has 2 unspecified atom stereocenters. The summed E-state index contributed by atoms with van der Waals surface area (Å²) in [6.07, 6.45) is 6.46. The van der Waals surface area contributed by atoms with Crippen molar-refractivity contribution in [2.75, 3.05) is 6.61 Å². The van der Waals surface area contributed by atoms with Gasteiger partial charge in [-0.15, -0.1) is 0 Å². The van der Waals surface area contributed by atoms with Crippen LogP contribution >= 0.6 is 0 Å². The number of hydrogen-bond donors (Lipinski definition) is 1. The summed E-state index contributed by atoms with van der Waals surface area (Å²) in [5.41, 5.74) is 5.96. The van der Waals surface area contributed by atoms with Gasteiger partial charge in [-0.2, -0.15) is 0 Å². The molecule has 2 N–H and O–H groups in total. The summed E-state index contributed by atoms with van der Waals surface area (Å²) < 4.78 is 5.56. The quantitative estimate of drug-likeness (QED) is 0.759. The molecule has 1 heterocycles. The molecule has 0 aliphatic heterocycles. The molecule has 0 aromatic carbocycles. The van der Waals surface area contributed by atoms with Crippen LogP contribution in [0.4, 0.5) is 0 Å². The Morgan fingerprint density at radius 2 is 1.96 bits per heavy atom. The molecule has 0 radical (unpaired) electrons. The predicted octanol–water partition coefficient (Wildman–Crippen LogP) is 3.37. The molecule has 0 saturated heterocycles. The zero-order valence-electron chi connectivity index (χ0n) is 15.4. The van der Waals surface area contributed by atoms with E-state index in [2.05, 4.69) is 4.98 Å². The topological polar surface area (TPSA) is 82.3 Å². The molecule has 0 spiro atoms. The van der Waals surface area contributed by atoms with E-state index in [1.54, 1.807) is 12.1 Å². The highest BCUT2D eigenvalue weighted by molar-refractivity contribution is 5.94. The first-order valence-corrected chi connectivity index (χ1v) is 9.93. The van der Waals surface area contributed by atoms with E-state index < -0.39 is 0 Å². The van der Waals surface area contributed by atoms with E-state index in [1.807, 2.05) is 13.0 Å². The summed E-state index contributed by atoms with van der Waals surface area (Å²) in [4.78, 5) is 29.3. The Morgan fingerprint density at radius 1 is 1.23 bits per heavy atom. The van der Waals surface area contributed by atoms with Crippen molar-refractivity contribution in [3.63, 3.8) is 0 Å². The average molecular weight is 356 g/mol. The predicted molar refractivity (Wildman–Crippen MR) is 97.6 cm³/mol. The summed E-state index contributed by atoms with van der Waals surface area (Å²) in [7, 11) is 0. The van der Waals surface area contributed by atoms with Gasteiger partial charge in [-0.1, -0.05) is 13.0 Å². The maximum absolute atomic E-state index is 12.9. The fourth-order valence-corrected chi connectivity index (χ4v) is 5.94. The van der Waals surface area contributed by atoms with Gasteiger partial charge in [0, 0.05) is 17.9 Å². The van der Waals surface area contributed by atoms with Crippen LogP contribution in [-0.4, -0.2) is 23.3 Å². The Bertz CT molecular complexity index is 701. The van der Waals surface area contributed by atoms with E-state index in [0.29, 0.717) is 48.3 Å². The molecular formula is C21H28N2O3. The first-order chi connectivity index (χ1) is 12.5. The van der Waals surface area contributed by atoms with E-state index in [-0.39, 0.29) is 17.1 Å². The Morgan fingerprint density at radius 3 is 2.62 bits per heavy atom. The maximum atomic E-state index is 12.9. The molecule has 5 rings (SSSR count). The lowest BCUT2D eigenvalue weighted by Crippen LogP contribution is -2.56. The molecule has 4 aliphatic rings. The monoisotopic (exact) mass is 356 g/mol. The van der Waals surface area contributed by atoms with E-state index in [4.69, 9.17) is 10.5 Å². The van der Waals surface area contributed by atoms with Gasteiger partial charge in [-0.05, 0) is 68.3 Å². The third-order valence-corrected chi connectivity index (χ3v) is 6.88. The third kappa shape index (κ3) is 3.01. The highest BCUT2D eigenvalue weighted by atomic mass is 16.5. The molecular weight excluding hydrogens is 328 g/mol. The van der Waals surface area contributed by atoms with Crippen molar-refractivity contribution < 1.29 is 14.3 Å². The summed E-state index contributed by atoms with van der Waals surface area (Å²) in [6, 6.07) is 5.41. The van der Waals surface area contributed by atoms with Crippen molar-refractivity contribution in [2.45, 2.75) is 51.9 Å². The van der Waals surface area contributed by atoms with Gasteiger partial charge in [0.2, 0.25) is 11.8 Å². The van der Waals surface area contributed by atoms with Crippen molar-refractivity contribution in [3.8, 4) is 5.88 Å². The van der Waals surface area contributed by atoms with E-state index in [0.717, 1.165) is 38.5 Å². The Hall–Kier alpha value is -1.91. The second-order valence-corrected chi connectivity index (χ2v) is 8.62. The second kappa shape index (κ2) is 6.67. The third-order valence-electron chi connectivity index (χ3n) is 6.88. The SMILES string of the molecule is CCCOc1cccc(C(=O)CC2C3CC4CC2CC(C(N)=O)(C4)C3)n1. The number of Topliss-reactive ketones (excluding diaryl/α,β-unsaturated/α-hetero) is 1. The highest BCUT2D eigenvalue weighted by Crippen LogP contribution is 2.62. The fourth-order valence-electron chi connectivity index (χ4n) is 5.94. The van der Waals surface area contributed by atoms with Crippen LogP contribution in [0, 0.1) is 29.1 Å². The van der Waals surface area contributed by atoms with Crippen LogP contribution in [0.5, 0.6) is 5.88 Å². The fraction of sp³-hybridized carbons (Fsp3) is 0.667. The van der Waals surface area contributed by atoms with Crippen LogP contribution < -0.4 is 10.5 Å². The van der Waals surface area contributed by atoms with Crippen LogP contribution in [0.25, 0.3) is 0 Å². The minimum absolute atomic E-state index is 0.0950. The molecule has 2 atom stereocenters. The standard InChI is InChI=1S/C21H28N2O3/c1-2-6-26-19-5-3-4-17(23-19)18(24)9-16-14-7-13-8-15(16)12-21(10-13,11-14)20(22)25/h3-5,13-16H,2,6-12H2,1H3,(H2,22,25). The minimum Gasteiger partial charge on any atom is -0.478 e. The maximum Gasteiger partial charge on any atom is 0.223 e. The van der Waals surface area contributed by atoms with Crippen molar-refractivity contribution >= 4 is 11.7 Å². The van der Waals surface area contributed by atoms with Gasteiger partial charge in [0.05, 0.1) is 6.61 Å². The number of hydrogen-bond acceptors (Lipinski definition) is 4. The Balaban J connectivity index is 1.47. The normalized spacial score (nSPS) is 34.7. The summed E-state index contributed by atoms with van der Waals surface area (Å²) in [5, 5.41) is 0. The molecule has 5 nitrogen and oxygen atoms in total. The van der Waals surface area contributed by atoms with Crippen LogP contribution in [0.3, 0.4) is 0 Å². The Kier molecular flexibility index (Phi) is 4.49. The van der Waals surface area contributed by atoms with Gasteiger partial charge in [0.1, 0.15) is 5.69 Å². The molecule has 1 amide bonds. The van der Waals surface area contributed by atoms with Gasteiger partial charge in [0.25, 0.3) is 0 Å². The lowest BCUT2D eigenvalue weighted by molar-refractivity contribution is -0.149. The zero-order valence-corrected chi connectivity index (χ0v) is 15.4. The van der Waals surface area contributed by atoms with E-state index in [1.165, 1.54) is 0 Å². The zero-order chi connectivity index (χ0) is 18.3. The lowest BCUT2D eigenvalue weighted by Gasteiger charge is -2.58. The van der Waals surface area contributed by atoms with Gasteiger partial charge in [-0.25, -0.2) is 4.98 Å². The van der Waals surface area contributed by atoms with E-state index in [9.17, 15) is 9.59 Å². The van der Waals surface area contributed by atoms with Crippen molar-refractivity contribution in [1.82, 2.24) is 4.98 Å². The number of carbonyl (C=O) groups excluding carboxylic acids is 2. The molecule has 1 aromatic rings. The van der Waals surface area contributed by atoms with Crippen LogP contribution in [0.2, 0.25) is 0 Å².